The highest BCUT2D eigenvalue weighted by Crippen LogP contribution is 2.15. The number of nitrogens with two attached hydrogens (primary N) is 1. The predicted octanol–water partition coefficient (Wildman–Crippen LogP) is 0.288. The highest BCUT2D eigenvalue weighted by Gasteiger charge is 2.20. The van der Waals surface area contributed by atoms with Gasteiger partial charge < -0.3 is 10.3 Å². The molecule has 0 spiro atoms. The van der Waals surface area contributed by atoms with Crippen molar-refractivity contribution in [3.05, 3.63) is 18.1 Å². The summed E-state index contributed by atoms with van der Waals surface area (Å²) in [5.41, 5.74) is 3.48. The van der Waals surface area contributed by atoms with E-state index < -0.39 is 0 Å². The van der Waals surface area contributed by atoms with E-state index in [1.807, 2.05) is 0 Å². The minimum atomic E-state index is 0.602. The lowest BCUT2D eigenvalue weighted by atomic mass is 10.0. The minimum Gasteiger partial charge on any atom is -0.307 e. The molecule has 0 radical (unpaired) electrons. The number of nitrogens with zero attached hydrogens (tertiary/aromatic N) is 4. The van der Waals surface area contributed by atoms with Gasteiger partial charge in [0.1, 0.15) is 0 Å². The maximum absolute atomic E-state index is 5.26. The van der Waals surface area contributed by atoms with Crippen molar-refractivity contribution in [2.45, 2.75) is 25.4 Å². The molecule has 0 saturated carbocycles. The first-order valence-corrected chi connectivity index (χ1v) is 6.35. The number of nitrogen functional groups attached to an aromatic ring is 1. The van der Waals surface area contributed by atoms with Crippen LogP contribution in [0.1, 0.15) is 18.5 Å². The van der Waals surface area contributed by atoms with Crippen molar-refractivity contribution in [2.75, 3.05) is 32.6 Å². The third kappa shape index (κ3) is 3.38. The normalized spacial score (nSPS) is 18.2. The van der Waals surface area contributed by atoms with Gasteiger partial charge in [0.15, 0.2) is 5.82 Å². The summed E-state index contributed by atoms with van der Waals surface area (Å²) in [6.07, 6.45) is 5.90. The third-order valence-corrected chi connectivity index (χ3v) is 3.53. The van der Waals surface area contributed by atoms with E-state index >= 15 is 0 Å². The van der Waals surface area contributed by atoms with Crippen molar-refractivity contribution in [3.63, 3.8) is 0 Å². The Bertz CT molecular complexity index is 355. The van der Waals surface area contributed by atoms with Crippen LogP contribution in [0, 0.1) is 0 Å². The molecule has 0 bridgehead atoms. The Morgan fingerprint density at radius 3 is 2.56 bits per heavy atom. The Morgan fingerprint density at radius 2 is 2.06 bits per heavy atom. The lowest BCUT2D eigenvalue weighted by molar-refractivity contribution is 0.139. The molecule has 18 heavy (non-hydrogen) atoms. The summed E-state index contributed by atoms with van der Waals surface area (Å²) in [6, 6.07) is 0.719. The average molecular weight is 250 g/mol. The molecule has 1 aromatic rings. The number of hydrazine groups is 1. The molecule has 0 amide bonds. The molecule has 1 aliphatic heterocycles. The lowest BCUT2D eigenvalue weighted by Crippen LogP contribution is -2.41. The van der Waals surface area contributed by atoms with Crippen LogP contribution < -0.4 is 11.3 Å². The second-order valence-corrected chi connectivity index (χ2v) is 5.01. The number of piperidine rings is 1. The van der Waals surface area contributed by atoms with Gasteiger partial charge in [-0.25, -0.2) is 10.8 Å². The van der Waals surface area contributed by atoms with Gasteiger partial charge in [-0.1, -0.05) is 0 Å². The monoisotopic (exact) mass is 250 g/mol. The Labute approximate surface area is 108 Å². The van der Waals surface area contributed by atoms with E-state index in [-0.39, 0.29) is 0 Å². The number of nitrogens with one attached hydrogen (secondary N) is 1. The molecule has 0 aliphatic carbocycles. The van der Waals surface area contributed by atoms with E-state index in [9.17, 15) is 0 Å². The van der Waals surface area contributed by atoms with Crippen molar-refractivity contribution in [3.8, 4) is 0 Å². The quantitative estimate of drug-likeness (QED) is 0.591. The van der Waals surface area contributed by atoms with Crippen molar-refractivity contribution in [1.82, 2.24) is 19.8 Å². The maximum atomic E-state index is 5.26. The van der Waals surface area contributed by atoms with Gasteiger partial charge in [0.25, 0.3) is 0 Å². The Kier molecular flexibility index (Phi) is 4.46. The van der Waals surface area contributed by atoms with Crippen LogP contribution in [0.25, 0.3) is 0 Å². The minimum absolute atomic E-state index is 0.602. The first-order chi connectivity index (χ1) is 8.69. The van der Waals surface area contributed by atoms with E-state index in [1.54, 1.807) is 12.4 Å². The fraction of sp³-hybridized carbons (Fsp3) is 0.667. The topological polar surface area (TPSA) is 70.3 Å². The summed E-state index contributed by atoms with van der Waals surface area (Å²) in [6.45, 7) is 3.13. The van der Waals surface area contributed by atoms with E-state index in [0.29, 0.717) is 5.82 Å². The fourth-order valence-corrected chi connectivity index (χ4v) is 2.33. The Balaban J connectivity index is 1.83. The fourth-order valence-electron chi connectivity index (χ4n) is 2.33. The molecule has 1 saturated heterocycles. The molecular formula is C12H22N6. The van der Waals surface area contributed by atoms with Crippen LogP contribution in [0.3, 0.4) is 0 Å². The lowest BCUT2D eigenvalue weighted by Gasteiger charge is -2.34. The van der Waals surface area contributed by atoms with Gasteiger partial charge in [0, 0.05) is 25.7 Å². The molecule has 2 rings (SSSR count). The van der Waals surface area contributed by atoms with Gasteiger partial charge in [-0.05, 0) is 26.9 Å². The Hall–Kier alpha value is -1.24. The first-order valence-electron chi connectivity index (χ1n) is 6.35. The average Bonchev–Trinajstić information content (AvgIpc) is 2.40. The Morgan fingerprint density at radius 1 is 1.33 bits per heavy atom. The summed E-state index contributed by atoms with van der Waals surface area (Å²) < 4.78 is 0. The summed E-state index contributed by atoms with van der Waals surface area (Å²) in [4.78, 5) is 13.3. The first kappa shape index (κ1) is 13.2. The predicted molar refractivity (Wildman–Crippen MR) is 71.8 cm³/mol. The van der Waals surface area contributed by atoms with Crippen LogP contribution in [0.2, 0.25) is 0 Å². The number of likely N-dealkylation sites (tertiary alicyclic amines) is 1. The smallest absolute Gasteiger partial charge is 0.158 e. The van der Waals surface area contributed by atoms with Crippen LogP contribution >= 0.6 is 0 Å². The zero-order valence-electron chi connectivity index (χ0n) is 11.1. The van der Waals surface area contributed by atoms with Crippen LogP contribution in [-0.4, -0.2) is 53.0 Å². The second-order valence-electron chi connectivity index (χ2n) is 5.01. The van der Waals surface area contributed by atoms with Crippen molar-refractivity contribution in [2.24, 2.45) is 5.84 Å². The number of anilines is 1. The molecule has 1 aromatic heterocycles. The van der Waals surface area contributed by atoms with Crippen LogP contribution in [0.15, 0.2) is 12.4 Å². The van der Waals surface area contributed by atoms with Gasteiger partial charge in [0.2, 0.25) is 0 Å². The molecule has 6 heteroatoms. The molecule has 2 heterocycles. The third-order valence-electron chi connectivity index (χ3n) is 3.53. The van der Waals surface area contributed by atoms with Gasteiger partial charge in [-0.3, -0.25) is 9.88 Å². The van der Waals surface area contributed by atoms with Crippen LogP contribution in [0.4, 0.5) is 5.82 Å². The molecular weight excluding hydrogens is 228 g/mol. The van der Waals surface area contributed by atoms with E-state index in [1.165, 1.54) is 12.8 Å². The van der Waals surface area contributed by atoms with Gasteiger partial charge in [0.05, 0.1) is 18.1 Å². The molecule has 1 fully saturated rings. The largest absolute Gasteiger partial charge is 0.307 e. The van der Waals surface area contributed by atoms with E-state index in [0.717, 1.165) is 31.4 Å². The molecule has 0 aromatic carbocycles. The molecule has 0 atom stereocenters. The standard InChI is InChI=1S/C12H22N6/c1-17(2)11-3-5-18(6-4-11)9-10-7-15-12(16-13)8-14-10/h7-8,11H,3-6,9,13H2,1-2H3,(H,15,16). The zero-order valence-corrected chi connectivity index (χ0v) is 11.1. The zero-order chi connectivity index (χ0) is 13.0. The van der Waals surface area contributed by atoms with Crippen molar-refractivity contribution < 1.29 is 0 Å². The summed E-state index contributed by atoms with van der Waals surface area (Å²) in [5.74, 6) is 5.86. The summed E-state index contributed by atoms with van der Waals surface area (Å²) in [7, 11) is 4.31. The SMILES string of the molecule is CN(C)C1CCN(Cc2cnc(NN)cn2)CC1. The maximum Gasteiger partial charge on any atom is 0.158 e. The van der Waals surface area contributed by atoms with Gasteiger partial charge in [-0.15, -0.1) is 0 Å². The highest BCUT2D eigenvalue weighted by molar-refractivity contribution is 5.28. The summed E-state index contributed by atoms with van der Waals surface area (Å²) in [5, 5.41) is 0. The van der Waals surface area contributed by atoms with Crippen LogP contribution in [0.5, 0.6) is 0 Å². The molecule has 1 aliphatic rings. The van der Waals surface area contributed by atoms with Gasteiger partial charge >= 0.3 is 0 Å². The molecule has 100 valence electrons. The summed E-state index contributed by atoms with van der Waals surface area (Å²) >= 11 is 0. The number of hydrogen-bond acceptors (Lipinski definition) is 6. The van der Waals surface area contributed by atoms with E-state index in [4.69, 9.17) is 5.84 Å². The molecule has 0 unspecified atom stereocenters. The number of rotatable bonds is 4. The van der Waals surface area contributed by atoms with Gasteiger partial charge in [-0.2, -0.15) is 0 Å². The van der Waals surface area contributed by atoms with Crippen LogP contribution in [-0.2, 0) is 6.54 Å². The molecule has 3 N–H and O–H groups in total. The van der Waals surface area contributed by atoms with Crippen molar-refractivity contribution >= 4 is 5.82 Å². The number of hydrogen-bond donors (Lipinski definition) is 2. The number of aromatic nitrogens is 2. The highest BCUT2D eigenvalue weighted by atomic mass is 15.3. The van der Waals surface area contributed by atoms with E-state index in [2.05, 4.69) is 39.3 Å². The van der Waals surface area contributed by atoms with Crippen molar-refractivity contribution in [1.29, 1.82) is 0 Å². The molecule has 6 nitrogen and oxygen atoms in total. The second kappa shape index (κ2) is 6.08.